The largest absolute Gasteiger partial charge is 0.494 e. The zero-order chi connectivity index (χ0) is 17.7. The van der Waals surface area contributed by atoms with Crippen molar-refractivity contribution in [2.45, 2.75) is 57.6 Å². The molecule has 2 aliphatic rings. The standard InChI is InChI=1S/C20H30N2O3/c1-3-18(16-6-8-17(9-7-16)24-4-2)21-19(23)22-13-11-20(12-14-22)10-5-15-25-20/h6-9,18H,3-5,10-15H2,1-2H3,(H,21,23)/t18-/m0/s1. The molecule has 1 spiro atoms. The summed E-state index contributed by atoms with van der Waals surface area (Å²) in [7, 11) is 0. The SMILES string of the molecule is CCOc1ccc([C@H](CC)NC(=O)N2CCC3(CCCO3)CC2)cc1. The van der Waals surface area contributed by atoms with E-state index in [-0.39, 0.29) is 17.7 Å². The molecule has 1 N–H and O–H groups in total. The first-order chi connectivity index (χ1) is 12.2. The van der Waals surface area contributed by atoms with E-state index in [9.17, 15) is 4.79 Å². The first kappa shape index (κ1) is 18.1. The molecule has 2 amide bonds. The molecule has 0 saturated carbocycles. The fourth-order valence-electron chi connectivity index (χ4n) is 3.89. The smallest absolute Gasteiger partial charge is 0.317 e. The summed E-state index contributed by atoms with van der Waals surface area (Å²) in [6, 6.07) is 8.08. The number of urea groups is 1. The van der Waals surface area contributed by atoms with Gasteiger partial charge >= 0.3 is 6.03 Å². The molecule has 25 heavy (non-hydrogen) atoms. The first-order valence-corrected chi connectivity index (χ1v) is 9.58. The molecule has 0 radical (unpaired) electrons. The Kier molecular flexibility index (Phi) is 5.84. The van der Waals surface area contributed by atoms with Crippen LogP contribution in [0, 0.1) is 0 Å². The Bertz CT molecular complexity index is 557. The molecule has 0 aliphatic carbocycles. The van der Waals surface area contributed by atoms with Crippen LogP contribution in [0.1, 0.15) is 57.6 Å². The van der Waals surface area contributed by atoms with Crippen molar-refractivity contribution in [3.05, 3.63) is 29.8 Å². The summed E-state index contributed by atoms with van der Waals surface area (Å²) in [5, 5.41) is 3.19. The average molecular weight is 346 g/mol. The van der Waals surface area contributed by atoms with Crippen molar-refractivity contribution in [1.29, 1.82) is 0 Å². The van der Waals surface area contributed by atoms with Crippen molar-refractivity contribution in [3.63, 3.8) is 0 Å². The highest BCUT2D eigenvalue weighted by Gasteiger charge is 2.39. The van der Waals surface area contributed by atoms with E-state index < -0.39 is 0 Å². The van der Waals surface area contributed by atoms with E-state index in [2.05, 4.69) is 12.2 Å². The number of hydrogen-bond donors (Lipinski definition) is 1. The molecule has 0 bridgehead atoms. The summed E-state index contributed by atoms with van der Waals surface area (Å²) in [5.41, 5.74) is 1.17. The number of hydrogen-bond acceptors (Lipinski definition) is 3. The van der Waals surface area contributed by atoms with E-state index in [1.807, 2.05) is 36.1 Å². The fourth-order valence-corrected chi connectivity index (χ4v) is 3.89. The first-order valence-electron chi connectivity index (χ1n) is 9.58. The Morgan fingerprint density at radius 2 is 1.96 bits per heavy atom. The second kappa shape index (κ2) is 8.09. The van der Waals surface area contributed by atoms with Crippen LogP contribution in [0.2, 0.25) is 0 Å². The number of amides is 2. The Hall–Kier alpha value is -1.75. The van der Waals surface area contributed by atoms with Crippen molar-refractivity contribution in [2.24, 2.45) is 0 Å². The minimum Gasteiger partial charge on any atom is -0.494 e. The predicted molar refractivity (Wildman–Crippen MR) is 97.9 cm³/mol. The molecule has 0 unspecified atom stereocenters. The van der Waals surface area contributed by atoms with Gasteiger partial charge in [-0.05, 0) is 56.7 Å². The van der Waals surface area contributed by atoms with Crippen molar-refractivity contribution >= 4 is 6.03 Å². The number of carbonyl (C=O) groups is 1. The normalized spacial score (nSPS) is 20.5. The number of nitrogens with one attached hydrogen (secondary N) is 1. The lowest BCUT2D eigenvalue weighted by Gasteiger charge is -2.39. The molecule has 2 fully saturated rings. The van der Waals surface area contributed by atoms with E-state index in [0.717, 1.165) is 63.1 Å². The van der Waals surface area contributed by atoms with Gasteiger partial charge in [-0.25, -0.2) is 4.79 Å². The van der Waals surface area contributed by atoms with Crippen LogP contribution in [0.25, 0.3) is 0 Å². The van der Waals surface area contributed by atoms with Gasteiger partial charge in [-0.3, -0.25) is 0 Å². The molecule has 1 aromatic carbocycles. The summed E-state index contributed by atoms with van der Waals surface area (Å²) in [6.07, 6.45) is 5.08. The molecule has 3 rings (SSSR count). The molecule has 0 aromatic heterocycles. The summed E-state index contributed by atoms with van der Waals surface area (Å²) < 4.78 is 11.4. The summed E-state index contributed by atoms with van der Waals surface area (Å²) in [6.45, 7) is 7.17. The molecule has 2 saturated heterocycles. The highest BCUT2D eigenvalue weighted by Crippen LogP contribution is 2.35. The summed E-state index contributed by atoms with van der Waals surface area (Å²) in [4.78, 5) is 14.6. The lowest BCUT2D eigenvalue weighted by atomic mass is 9.89. The van der Waals surface area contributed by atoms with Gasteiger partial charge < -0.3 is 19.7 Å². The van der Waals surface area contributed by atoms with Crippen LogP contribution in [-0.2, 0) is 4.74 Å². The van der Waals surface area contributed by atoms with Gasteiger partial charge in [0.15, 0.2) is 0 Å². The molecule has 2 aliphatic heterocycles. The highest BCUT2D eigenvalue weighted by molar-refractivity contribution is 5.75. The monoisotopic (exact) mass is 346 g/mol. The molecule has 1 aromatic rings. The molecule has 5 nitrogen and oxygen atoms in total. The van der Waals surface area contributed by atoms with Crippen LogP contribution in [0.3, 0.4) is 0 Å². The number of rotatable bonds is 5. The van der Waals surface area contributed by atoms with E-state index in [4.69, 9.17) is 9.47 Å². The number of likely N-dealkylation sites (tertiary alicyclic amines) is 1. The average Bonchev–Trinajstić information content (AvgIpc) is 3.09. The maximum atomic E-state index is 12.7. The van der Waals surface area contributed by atoms with E-state index >= 15 is 0 Å². The highest BCUT2D eigenvalue weighted by atomic mass is 16.5. The van der Waals surface area contributed by atoms with Gasteiger partial charge in [0.2, 0.25) is 0 Å². The number of benzene rings is 1. The van der Waals surface area contributed by atoms with Crippen LogP contribution in [0.4, 0.5) is 4.79 Å². The van der Waals surface area contributed by atoms with Crippen molar-refractivity contribution in [1.82, 2.24) is 10.2 Å². The summed E-state index contributed by atoms with van der Waals surface area (Å²) >= 11 is 0. The van der Waals surface area contributed by atoms with Gasteiger partial charge in [0, 0.05) is 19.7 Å². The van der Waals surface area contributed by atoms with Crippen LogP contribution in [0.5, 0.6) is 5.75 Å². The van der Waals surface area contributed by atoms with Gasteiger partial charge in [-0.1, -0.05) is 19.1 Å². The zero-order valence-electron chi connectivity index (χ0n) is 15.4. The molecule has 2 heterocycles. The van der Waals surface area contributed by atoms with Crippen LogP contribution < -0.4 is 10.1 Å². The molecule has 5 heteroatoms. The summed E-state index contributed by atoms with van der Waals surface area (Å²) in [5.74, 6) is 0.866. The van der Waals surface area contributed by atoms with Crippen LogP contribution in [-0.4, -0.2) is 42.8 Å². The van der Waals surface area contributed by atoms with E-state index in [1.54, 1.807) is 0 Å². The Morgan fingerprint density at radius 1 is 1.24 bits per heavy atom. The number of piperidine rings is 1. The van der Waals surface area contributed by atoms with E-state index in [1.165, 1.54) is 0 Å². The second-order valence-electron chi connectivity index (χ2n) is 7.03. The van der Waals surface area contributed by atoms with Crippen molar-refractivity contribution in [2.75, 3.05) is 26.3 Å². The third-order valence-corrected chi connectivity index (χ3v) is 5.45. The predicted octanol–water partition coefficient (Wildman–Crippen LogP) is 3.89. The molecule has 138 valence electrons. The third-order valence-electron chi connectivity index (χ3n) is 5.45. The van der Waals surface area contributed by atoms with E-state index in [0.29, 0.717) is 6.61 Å². The van der Waals surface area contributed by atoms with Gasteiger partial charge in [-0.15, -0.1) is 0 Å². The lowest BCUT2D eigenvalue weighted by Crippen LogP contribution is -2.50. The lowest BCUT2D eigenvalue weighted by molar-refractivity contribution is -0.0362. The van der Waals surface area contributed by atoms with Gasteiger partial charge in [0.05, 0.1) is 18.2 Å². The Balaban J connectivity index is 1.55. The Labute approximate surface area is 150 Å². The molecular weight excluding hydrogens is 316 g/mol. The number of nitrogens with zero attached hydrogens (tertiary/aromatic N) is 1. The van der Waals surface area contributed by atoms with Gasteiger partial charge in [-0.2, -0.15) is 0 Å². The van der Waals surface area contributed by atoms with Crippen molar-refractivity contribution < 1.29 is 14.3 Å². The van der Waals surface area contributed by atoms with Crippen LogP contribution in [0.15, 0.2) is 24.3 Å². The topological polar surface area (TPSA) is 50.8 Å². The van der Waals surface area contributed by atoms with Gasteiger partial charge in [0.25, 0.3) is 0 Å². The maximum absolute atomic E-state index is 12.7. The van der Waals surface area contributed by atoms with Crippen LogP contribution >= 0.6 is 0 Å². The minimum atomic E-state index is 0.0294. The minimum absolute atomic E-state index is 0.0294. The second-order valence-corrected chi connectivity index (χ2v) is 7.03. The number of ether oxygens (including phenoxy) is 2. The fraction of sp³-hybridized carbons (Fsp3) is 0.650. The molecular formula is C20H30N2O3. The molecule has 1 atom stereocenters. The quantitative estimate of drug-likeness (QED) is 0.880. The maximum Gasteiger partial charge on any atom is 0.317 e. The Morgan fingerprint density at radius 3 is 2.52 bits per heavy atom. The third kappa shape index (κ3) is 4.27. The van der Waals surface area contributed by atoms with Gasteiger partial charge in [0.1, 0.15) is 5.75 Å². The zero-order valence-corrected chi connectivity index (χ0v) is 15.4. The van der Waals surface area contributed by atoms with Crippen molar-refractivity contribution in [3.8, 4) is 5.75 Å². The number of carbonyl (C=O) groups excluding carboxylic acids is 1.